The summed E-state index contributed by atoms with van der Waals surface area (Å²) in [6, 6.07) is 9.47. The van der Waals surface area contributed by atoms with Crippen LogP contribution in [0.3, 0.4) is 0 Å². The molecule has 0 bridgehead atoms. The Bertz CT molecular complexity index is 795. The van der Waals surface area contributed by atoms with Gasteiger partial charge in [-0.3, -0.25) is 9.78 Å². The number of fused-ring (bicyclic) bond motifs is 1. The summed E-state index contributed by atoms with van der Waals surface area (Å²) in [6.45, 7) is 5.97. The fourth-order valence-electron chi connectivity index (χ4n) is 2.04. The summed E-state index contributed by atoms with van der Waals surface area (Å²) < 4.78 is 1.00. The summed E-state index contributed by atoms with van der Waals surface area (Å²) in [5, 5.41) is 3.56. The number of carbonyl (C=O) groups is 1. The summed E-state index contributed by atoms with van der Waals surface area (Å²) in [6.07, 6.45) is 1.77. The number of rotatable bonds is 2. The SMILES string of the molecule is CC.CNC(=O)c1ccc2nc(-c3cccnc3C)sc2c1. The first-order chi connectivity index (χ1) is 10.7. The van der Waals surface area contributed by atoms with Crippen LogP contribution in [0.4, 0.5) is 0 Å². The number of thiazole rings is 1. The average Bonchev–Trinajstić information content (AvgIpc) is 2.99. The van der Waals surface area contributed by atoms with Gasteiger partial charge in [0.1, 0.15) is 5.01 Å². The van der Waals surface area contributed by atoms with E-state index in [-0.39, 0.29) is 5.91 Å². The predicted octanol–water partition coefficient (Wildman–Crippen LogP) is 4.05. The summed E-state index contributed by atoms with van der Waals surface area (Å²) in [7, 11) is 1.63. The predicted molar refractivity (Wildman–Crippen MR) is 92.3 cm³/mol. The molecule has 0 unspecified atom stereocenters. The summed E-state index contributed by atoms with van der Waals surface area (Å²) in [5.41, 5.74) is 3.55. The lowest BCUT2D eigenvalue weighted by Crippen LogP contribution is -2.17. The van der Waals surface area contributed by atoms with E-state index in [1.165, 1.54) is 0 Å². The van der Waals surface area contributed by atoms with Gasteiger partial charge in [0.15, 0.2) is 0 Å². The first-order valence-electron chi connectivity index (χ1n) is 7.23. The van der Waals surface area contributed by atoms with Gasteiger partial charge in [0.05, 0.1) is 10.2 Å². The highest BCUT2D eigenvalue weighted by atomic mass is 32.1. The molecule has 5 heteroatoms. The van der Waals surface area contributed by atoms with Gasteiger partial charge >= 0.3 is 0 Å². The fourth-order valence-corrected chi connectivity index (χ4v) is 3.12. The van der Waals surface area contributed by atoms with Crippen LogP contribution in [-0.4, -0.2) is 22.9 Å². The van der Waals surface area contributed by atoms with Crippen molar-refractivity contribution in [1.82, 2.24) is 15.3 Å². The molecular weight excluding hydrogens is 294 g/mol. The molecule has 0 saturated heterocycles. The van der Waals surface area contributed by atoms with Crippen LogP contribution in [0.5, 0.6) is 0 Å². The highest BCUT2D eigenvalue weighted by molar-refractivity contribution is 7.21. The first kappa shape index (κ1) is 16.1. The van der Waals surface area contributed by atoms with Gasteiger partial charge in [-0.25, -0.2) is 4.98 Å². The first-order valence-corrected chi connectivity index (χ1v) is 8.05. The lowest BCUT2D eigenvalue weighted by atomic mass is 10.2. The van der Waals surface area contributed by atoms with Crippen LogP contribution >= 0.6 is 11.3 Å². The molecule has 0 radical (unpaired) electrons. The van der Waals surface area contributed by atoms with Crippen LogP contribution < -0.4 is 5.32 Å². The lowest BCUT2D eigenvalue weighted by Gasteiger charge is -1.98. The zero-order valence-corrected chi connectivity index (χ0v) is 14.0. The Labute approximate surface area is 134 Å². The van der Waals surface area contributed by atoms with Gasteiger partial charge < -0.3 is 5.32 Å². The fraction of sp³-hybridized carbons (Fsp3) is 0.235. The molecule has 0 fully saturated rings. The van der Waals surface area contributed by atoms with E-state index < -0.39 is 0 Å². The van der Waals surface area contributed by atoms with Crippen molar-refractivity contribution in [1.29, 1.82) is 0 Å². The molecule has 1 N–H and O–H groups in total. The van der Waals surface area contributed by atoms with Crippen molar-refractivity contribution in [3.8, 4) is 10.6 Å². The number of nitrogens with one attached hydrogen (secondary N) is 1. The van der Waals surface area contributed by atoms with Crippen LogP contribution in [0.25, 0.3) is 20.8 Å². The second-order valence-corrected chi connectivity index (χ2v) is 5.45. The van der Waals surface area contributed by atoms with E-state index in [4.69, 9.17) is 0 Å². The van der Waals surface area contributed by atoms with Crippen molar-refractivity contribution in [2.75, 3.05) is 7.05 Å². The van der Waals surface area contributed by atoms with Gasteiger partial charge in [-0.15, -0.1) is 11.3 Å². The lowest BCUT2D eigenvalue weighted by molar-refractivity contribution is 0.0963. The molecule has 0 saturated carbocycles. The highest BCUT2D eigenvalue weighted by Crippen LogP contribution is 2.31. The molecule has 0 aliphatic carbocycles. The largest absolute Gasteiger partial charge is 0.355 e. The molecule has 1 amide bonds. The molecule has 0 spiro atoms. The number of nitrogens with zero attached hydrogens (tertiary/aromatic N) is 2. The van der Waals surface area contributed by atoms with Crippen molar-refractivity contribution >= 4 is 27.5 Å². The number of benzene rings is 1. The third-order valence-electron chi connectivity index (χ3n) is 3.12. The van der Waals surface area contributed by atoms with E-state index in [0.717, 1.165) is 26.5 Å². The molecule has 3 aromatic rings. The van der Waals surface area contributed by atoms with E-state index in [1.54, 1.807) is 30.6 Å². The van der Waals surface area contributed by atoms with Gasteiger partial charge in [0.25, 0.3) is 5.91 Å². The van der Waals surface area contributed by atoms with E-state index in [2.05, 4.69) is 15.3 Å². The Kier molecular flexibility index (Phi) is 5.22. The normalized spacial score (nSPS) is 10.0. The third kappa shape index (κ3) is 3.14. The highest BCUT2D eigenvalue weighted by Gasteiger charge is 2.11. The molecule has 0 aliphatic heterocycles. The second-order valence-electron chi connectivity index (χ2n) is 4.42. The number of amides is 1. The molecule has 2 heterocycles. The quantitative estimate of drug-likeness (QED) is 0.776. The van der Waals surface area contributed by atoms with Crippen LogP contribution in [0.1, 0.15) is 29.9 Å². The van der Waals surface area contributed by atoms with Crippen molar-refractivity contribution in [3.63, 3.8) is 0 Å². The molecule has 0 aliphatic rings. The summed E-state index contributed by atoms with van der Waals surface area (Å²) >= 11 is 1.58. The number of pyridine rings is 1. The zero-order valence-electron chi connectivity index (χ0n) is 13.2. The van der Waals surface area contributed by atoms with Gasteiger partial charge in [-0.05, 0) is 37.3 Å². The van der Waals surface area contributed by atoms with E-state index in [1.807, 2.05) is 45.0 Å². The number of hydrogen-bond donors (Lipinski definition) is 1. The van der Waals surface area contributed by atoms with E-state index in [9.17, 15) is 4.79 Å². The minimum absolute atomic E-state index is 0.0839. The molecule has 4 nitrogen and oxygen atoms in total. The molecule has 1 aromatic carbocycles. The Morgan fingerprint density at radius 2 is 2.00 bits per heavy atom. The second kappa shape index (κ2) is 7.13. The van der Waals surface area contributed by atoms with Gasteiger partial charge in [0, 0.05) is 30.1 Å². The molecule has 0 atom stereocenters. The average molecular weight is 313 g/mol. The van der Waals surface area contributed by atoms with E-state index >= 15 is 0 Å². The van der Waals surface area contributed by atoms with Crippen molar-refractivity contribution in [3.05, 3.63) is 47.8 Å². The Balaban J connectivity index is 0.000000847. The maximum absolute atomic E-state index is 11.7. The summed E-state index contributed by atoms with van der Waals surface area (Å²) in [5.74, 6) is -0.0839. The van der Waals surface area contributed by atoms with Gasteiger partial charge in [0.2, 0.25) is 0 Å². The molecule has 3 rings (SSSR count). The Morgan fingerprint density at radius 3 is 2.68 bits per heavy atom. The van der Waals surface area contributed by atoms with Crippen LogP contribution in [0.2, 0.25) is 0 Å². The van der Waals surface area contributed by atoms with Crippen molar-refractivity contribution in [2.45, 2.75) is 20.8 Å². The number of carbonyl (C=O) groups excluding carboxylic acids is 1. The monoisotopic (exact) mass is 313 g/mol. The Hall–Kier alpha value is -2.27. The Morgan fingerprint density at radius 1 is 1.23 bits per heavy atom. The van der Waals surface area contributed by atoms with E-state index in [0.29, 0.717) is 5.56 Å². The molecule has 22 heavy (non-hydrogen) atoms. The van der Waals surface area contributed by atoms with Gasteiger partial charge in [-0.1, -0.05) is 13.8 Å². The van der Waals surface area contributed by atoms with Gasteiger partial charge in [-0.2, -0.15) is 0 Å². The zero-order chi connectivity index (χ0) is 16.1. The maximum atomic E-state index is 11.7. The van der Waals surface area contributed by atoms with Crippen LogP contribution in [0.15, 0.2) is 36.5 Å². The maximum Gasteiger partial charge on any atom is 0.251 e. The van der Waals surface area contributed by atoms with Crippen LogP contribution in [-0.2, 0) is 0 Å². The molecular formula is C17H19N3OS. The molecule has 114 valence electrons. The minimum Gasteiger partial charge on any atom is -0.355 e. The van der Waals surface area contributed by atoms with Crippen molar-refractivity contribution in [2.24, 2.45) is 0 Å². The minimum atomic E-state index is -0.0839. The summed E-state index contributed by atoms with van der Waals surface area (Å²) in [4.78, 5) is 20.6. The van der Waals surface area contributed by atoms with Crippen molar-refractivity contribution < 1.29 is 4.79 Å². The topological polar surface area (TPSA) is 54.9 Å². The standard InChI is InChI=1S/C15H13N3OS.C2H6/c1-9-11(4-3-7-17-9)15-18-12-6-5-10(14(19)16-2)8-13(12)20-15;1-2/h3-8H,1-2H3,(H,16,19);1-2H3. The molecule has 2 aromatic heterocycles. The number of aryl methyl sites for hydroxylation is 1. The smallest absolute Gasteiger partial charge is 0.251 e. The third-order valence-corrected chi connectivity index (χ3v) is 4.17. The van der Waals surface area contributed by atoms with Crippen LogP contribution in [0, 0.1) is 6.92 Å². The number of aromatic nitrogens is 2. The number of hydrogen-bond acceptors (Lipinski definition) is 4.